The zero-order valence-electron chi connectivity index (χ0n) is 14.3. The van der Waals surface area contributed by atoms with Gasteiger partial charge < -0.3 is 15.3 Å². The van der Waals surface area contributed by atoms with Crippen molar-refractivity contribution in [1.29, 1.82) is 0 Å². The number of aromatic carboxylic acids is 1. The lowest BCUT2D eigenvalue weighted by atomic mass is 10.2. The van der Waals surface area contributed by atoms with Gasteiger partial charge in [-0.15, -0.1) is 0 Å². The summed E-state index contributed by atoms with van der Waals surface area (Å²) in [7, 11) is 0. The molecule has 0 fully saturated rings. The van der Waals surface area contributed by atoms with Crippen molar-refractivity contribution in [3.05, 3.63) is 73.5 Å². The second kappa shape index (κ2) is 7.86. The first-order valence-electron chi connectivity index (χ1n) is 7.83. The average Bonchev–Trinajstić information content (AvgIpc) is 2.64. The van der Waals surface area contributed by atoms with Crippen LogP contribution in [0.1, 0.15) is 15.9 Å². The van der Waals surface area contributed by atoms with Crippen LogP contribution in [0, 0.1) is 10.6 Å². The molecule has 1 heterocycles. The number of halogens is 2. The third kappa shape index (κ3) is 4.03. The third-order valence-electron chi connectivity index (χ3n) is 3.84. The minimum atomic E-state index is -1.31. The Hall–Kier alpha value is -3.50. The lowest BCUT2D eigenvalue weighted by molar-refractivity contribution is 0.0694. The van der Waals surface area contributed by atoms with E-state index in [1.165, 1.54) is 18.2 Å². The highest BCUT2D eigenvalue weighted by Crippen LogP contribution is 2.26. The van der Waals surface area contributed by atoms with Gasteiger partial charge in [-0.2, -0.15) is 0 Å². The van der Waals surface area contributed by atoms with Gasteiger partial charge in [0.2, 0.25) is 5.88 Å². The number of aliphatic imine (C=N–C) groups is 1. The molecule has 0 aliphatic rings. The van der Waals surface area contributed by atoms with Crippen LogP contribution in [0.2, 0.25) is 5.02 Å². The fourth-order valence-corrected chi connectivity index (χ4v) is 2.90. The Morgan fingerprint density at radius 1 is 1.24 bits per heavy atom. The molecule has 0 saturated heterocycles. The number of carboxylic acid groups (broad SMARTS) is 1. The quantitative estimate of drug-likeness (QED) is 0.366. The predicted octanol–water partition coefficient (Wildman–Crippen LogP) is 3.55. The molecular formula is C18H11ClFN3O5S. The molecule has 0 aliphatic carbocycles. The molecule has 0 atom stereocenters. The second-order valence-corrected chi connectivity index (χ2v) is 6.49. The minimum Gasteiger partial charge on any atom is -0.507 e. The van der Waals surface area contributed by atoms with Crippen molar-refractivity contribution in [2.24, 2.45) is 4.99 Å². The highest BCUT2D eigenvalue weighted by Gasteiger charge is 2.14. The molecule has 3 rings (SSSR count). The number of nitrogens with zero attached hydrogens (tertiary/aromatic N) is 2. The topological polar surface area (TPSA) is 128 Å². The van der Waals surface area contributed by atoms with Gasteiger partial charge in [-0.3, -0.25) is 19.3 Å². The number of phenols is 1. The van der Waals surface area contributed by atoms with Crippen LogP contribution in [0.15, 0.2) is 46.2 Å². The number of rotatable bonds is 4. The van der Waals surface area contributed by atoms with Crippen LogP contribution >= 0.6 is 23.8 Å². The van der Waals surface area contributed by atoms with E-state index in [9.17, 15) is 24.2 Å². The molecule has 8 nitrogen and oxygen atoms in total. The van der Waals surface area contributed by atoms with Crippen molar-refractivity contribution < 1.29 is 24.5 Å². The number of carboxylic acids is 1. The molecule has 29 heavy (non-hydrogen) atoms. The van der Waals surface area contributed by atoms with Crippen LogP contribution in [0.3, 0.4) is 0 Å². The van der Waals surface area contributed by atoms with Crippen molar-refractivity contribution in [3.8, 4) is 17.3 Å². The van der Waals surface area contributed by atoms with Crippen LogP contribution in [0.25, 0.3) is 5.69 Å². The van der Waals surface area contributed by atoms with E-state index in [-0.39, 0.29) is 32.3 Å². The molecular weight excluding hydrogens is 425 g/mol. The molecule has 0 spiro atoms. The van der Waals surface area contributed by atoms with Gasteiger partial charge in [0.05, 0.1) is 16.4 Å². The van der Waals surface area contributed by atoms with Gasteiger partial charge in [-0.25, -0.2) is 9.18 Å². The van der Waals surface area contributed by atoms with E-state index in [2.05, 4.69) is 9.98 Å². The number of H-pyrrole nitrogens is 1. The monoisotopic (exact) mass is 435 g/mol. The molecule has 4 N–H and O–H groups in total. The van der Waals surface area contributed by atoms with Gasteiger partial charge in [0.1, 0.15) is 22.7 Å². The zero-order valence-corrected chi connectivity index (χ0v) is 15.8. The largest absolute Gasteiger partial charge is 0.507 e. The summed E-state index contributed by atoms with van der Waals surface area (Å²) >= 11 is 10.8. The Kier molecular flexibility index (Phi) is 5.48. The van der Waals surface area contributed by atoms with Crippen LogP contribution < -0.4 is 5.56 Å². The first-order valence-corrected chi connectivity index (χ1v) is 8.61. The Labute approximate surface area is 171 Å². The highest BCUT2D eigenvalue weighted by atomic mass is 35.5. The molecule has 0 aliphatic heterocycles. The summed E-state index contributed by atoms with van der Waals surface area (Å²) in [4.78, 5) is 29.4. The summed E-state index contributed by atoms with van der Waals surface area (Å²) in [5.41, 5.74) is -1.00. The maximum absolute atomic E-state index is 13.4. The molecule has 0 saturated carbocycles. The van der Waals surface area contributed by atoms with Crippen LogP contribution in [-0.4, -0.2) is 37.1 Å². The number of aromatic nitrogens is 2. The zero-order chi connectivity index (χ0) is 21.3. The van der Waals surface area contributed by atoms with E-state index < -0.39 is 29.0 Å². The smallest absolute Gasteiger partial charge is 0.339 e. The third-order valence-corrected chi connectivity index (χ3v) is 4.41. The summed E-state index contributed by atoms with van der Waals surface area (Å²) < 4.78 is 14.3. The molecule has 3 aromatic rings. The Balaban J connectivity index is 2.09. The normalized spacial score (nSPS) is 11.1. The Morgan fingerprint density at radius 2 is 1.97 bits per heavy atom. The van der Waals surface area contributed by atoms with Gasteiger partial charge in [-0.05, 0) is 42.5 Å². The van der Waals surface area contributed by atoms with E-state index in [0.717, 1.165) is 29.0 Å². The van der Waals surface area contributed by atoms with Gasteiger partial charge >= 0.3 is 5.97 Å². The fraction of sp³-hybridized carbons (Fsp3) is 0. The Bertz CT molecular complexity index is 1290. The molecule has 148 valence electrons. The van der Waals surface area contributed by atoms with Crippen molar-refractivity contribution >= 4 is 41.7 Å². The first kappa shape index (κ1) is 20.2. The lowest BCUT2D eigenvalue weighted by Gasteiger charge is -2.11. The first-order chi connectivity index (χ1) is 13.7. The predicted molar refractivity (Wildman–Crippen MR) is 106 cm³/mol. The van der Waals surface area contributed by atoms with E-state index in [1.807, 2.05) is 0 Å². The van der Waals surface area contributed by atoms with E-state index in [4.69, 9.17) is 28.9 Å². The van der Waals surface area contributed by atoms with E-state index in [0.29, 0.717) is 0 Å². The number of hydrogen-bond acceptors (Lipinski definition) is 6. The number of aromatic hydroxyl groups is 2. The van der Waals surface area contributed by atoms with Crippen molar-refractivity contribution in [2.45, 2.75) is 0 Å². The fourth-order valence-electron chi connectivity index (χ4n) is 2.44. The molecule has 0 unspecified atom stereocenters. The maximum Gasteiger partial charge on any atom is 0.339 e. The molecule has 0 radical (unpaired) electrons. The lowest BCUT2D eigenvalue weighted by Crippen LogP contribution is -2.18. The number of hydrogen-bond donors (Lipinski definition) is 4. The molecule has 2 aromatic carbocycles. The number of aromatic amines is 1. The highest BCUT2D eigenvalue weighted by molar-refractivity contribution is 7.71. The standard InChI is InChI=1S/C18H11ClFN3O5S/c19-12-6-9(2-4-13(12)20)23-16(26)11(15(25)22-18(23)29)7-21-8-1-3-10(17(27)28)14(24)5-8/h1-7,24,26H,(H,27,28)(H,22,25,29). The second-order valence-electron chi connectivity index (χ2n) is 5.70. The van der Waals surface area contributed by atoms with Gasteiger partial charge in [0.25, 0.3) is 5.56 Å². The Morgan fingerprint density at radius 3 is 2.59 bits per heavy atom. The molecule has 0 amide bonds. The SMILES string of the molecule is O=C(O)c1ccc(N=Cc2c(O)n(-c3ccc(F)c(Cl)c3)c(=S)[nH]c2=O)cc1O. The minimum absolute atomic E-state index is 0.130. The number of benzene rings is 2. The van der Waals surface area contributed by atoms with Crippen molar-refractivity contribution in [2.75, 3.05) is 0 Å². The van der Waals surface area contributed by atoms with Gasteiger partial charge in [0, 0.05) is 12.3 Å². The molecule has 0 bridgehead atoms. The number of nitrogens with one attached hydrogen (secondary N) is 1. The summed E-state index contributed by atoms with van der Waals surface area (Å²) in [5.74, 6) is -3.07. The average molecular weight is 436 g/mol. The van der Waals surface area contributed by atoms with E-state index >= 15 is 0 Å². The maximum atomic E-state index is 13.4. The summed E-state index contributed by atoms with van der Waals surface area (Å²) in [5, 5.41) is 29.0. The van der Waals surface area contributed by atoms with Crippen LogP contribution in [-0.2, 0) is 0 Å². The van der Waals surface area contributed by atoms with Crippen LogP contribution in [0.5, 0.6) is 11.6 Å². The van der Waals surface area contributed by atoms with Gasteiger partial charge in [-0.1, -0.05) is 11.6 Å². The van der Waals surface area contributed by atoms with Crippen LogP contribution in [0.4, 0.5) is 10.1 Å². The summed E-state index contributed by atoms with van der Waals surface area (Å²) in [6, 6.07) is 7.12. The molecule has 11 heteroatoms. The van der Waals surface area contributed by atoms with E-state index in [1.54, 1.807) is 0 Å². The van der Waals surface area contributed by atoms with Crippen molar-refractivity contribution in [1.82, 2.24) is 9.55 Å². The van der Waals surface area contributed by atoms with Gasteiger partial charge in [0.15, 0.2) is 4.77 Å². The van der Waals surface area contributed by atoms with Crippen molar-refractivity contribution in [3.63, 3.8) is 0 Å². The summed E-state index contributed by atoms with van der Waals surface area (Å²) in [6.07, 6.45) is 1.01. The number of carbonyl (C=O) groups is 1. The molecule has 1 aromatic heterocycles. The summed E-state index contributed by atoms with van der Waals surface area (Å²) in [6.45, 7) is 0.